The molecule has 26 N–H and O–H groups in total. The van der Waals surface area contributed by atoms with Crippen LogP contribution in [0.4, 0.5) is 0 Å². The van der Waals surface area contributed by atoms with Gasteiger partial charge in [-0.25, -0.2) is 0 Å². The first-order valence-electron chi connectivity index (χ1n) is 46.7. The minimum Gasteiger partial charge on any atom is -0.508 e. The van der Waals surface area contributed by atoms with Crippen LogP contribution in [0.5, 0.6) is 5.75 Å². The number of amides is 16. The van der Waals surface area contributed by atoms with E-state index in [-0.39, 0.29) is 82.5 Å². The molecule has 1 unspecified atom stereocenters. The van der Waals surface area contributed by atoms with Gasteiger partial charge >= 0.3 is 5.97 Å². The monoisotopic (exact) mass is 1970 g/mol. The van der Waals surface area contributed by atoms with Crippen LogP contribution in [0.3, 0.4) is 0 Å². The molecule has 1 saturated heterocycles. The van der Waals surface area contributed by atoms with Crippen molar-refractivity contribution in [2.75, 3.05) is 44.8 Å². The van der Waals surface area contributed by atoms with Gasteiger partial charge in [0.25, 0.3) is 0 Å². The van der Waals surface area contributed by atoms with Crippen molar-refractivity contribution in [2.45, 2.75) is 210 Å². The van der Waals surface area contributed by atoms with Crippen LogP contribution in [0.15, 0.2) is 170 Å². The number of aliphatic carboxylic acids is 1. The van der Waals surface area contributed by atoms with Gasteiger partial charge in [0, 0.05) is 68.5 Å². The second-order valence-corrected chi connectivity index (χ2v) is 36.8. The number of thioether (sulfide) groups is 1. The summed E-state index contributed by atoms with van der Waals surface area (Å²) in [7, 11) is 1.31. The maximum atomic E-state index is 15.5. The molecule has 1 aliphatic rings. The summed E-state index contributed by atoms with van der Waals surface area (Å²) in [4.78, 5) is 254. The van der Waals surface area contributed by atoms with Crippen LogP contribution >= 0.6 is 11.8 Å². The number of nitrogens with one attached hydrogen (secondary N) is 17. The topological polar surface area (TPSA) is 652 Å². The SMILES string of the molecule is CC(C)C[C@@H]1NC(=O)C(CCCCN)NC(=O)[C@H](Cc2ccccc2)N(C)C(=O)[C@H](C)NC(=O)[C@H](CCCNC(=N)N)NC(=O)[C@H](Cc2ccc(-c3ccccc3)cc2)NC(=O)[C@H](C(C)C)NC(=O)[C@H](Cc2c[nH]c3ccccc23)NC(=O)[C@H](CC(=O)O)NC(=O)[C@H](Cc2ccc(O)cc2)NC(=O)[C@H](Cc2ccccc2)NC(=O)CSC[C@@H](C(=O)NCC(N)=O)NC(=O)[C@H](CO)NC(=O)[C@H](C(C)C)NC1=O. The number of carboxylic acids is 1. The first-order valence-corrected chi connectivity index (χ1v) is 47.8. The third-order valence-corrected chi connectivity index (χ3v) is 24.4. The zero-order valence-corrected chi connectivity index (χ0v) is 80.9. The van der Waals surface area contributed by atoms with E-state index in [9.17, 15) is 53.7 Å². The summed E-state index contributed by atoms with van der Waals surface area (Å²) in [5, 5.41) is 79.5. The number of carbonyl (C=O) groups excluding carboxylic acids is 16. The molecule has 1 aromatic heterocycles. The molecule has 41 nitrogen and oxygen atoms in total. The van der Waals surface area contributed by atoms with Crippen LogP contribution in [0.2, 0.25) is 0 Å². The van der Waals surface area contributed by atoms with Crippen molar-refractivity contribution in [1.29, 1.82) is 5.41 Å². The highest BCUT2D eigenvalue weighted by molar-refractivity contribution is 8.00. The number of likely N-dealkylation sites (N-methyl/N-ethyl adjacent to an activating group) is 1. The highest BCUT2D eigenvalue weighted by Gasteiger charge is 2.41. The average Bonchev–Trinajstić information content (AvgIpc) is 1.66. The van der Waals surface area contributed by atoms with Crippen molar-refractivity contribution in [3.8, 4) is 16.9 Å². The Morgan fingerprint density at radius 2 is 0.901 bits per heavy atom. The number of nitrogens with two attached hydrogens (primary N) is 3. The number of aromatic hydroxyl groups is 1. The normalized spacial score (nSPS) is 22.5. The van der Waals surface area contributed by atoms with Crippen LogP contribution < -0.4 is 97.0 Å². The van der Waals surface area contributed by atoms with E-state index in [0.29, 0.717) is 56.9 Å². The van der Waals surface area contributed by atoms with Crippen molar-refractivity contribution in [1.82, 2.24) is 89.6 Å². The molecule has 1 aliphatic heterocycles. The molecule has 0 spiro atoms. The summed E-state index contributed by atoms with van der Waals surface area (Å²) >= 11 is 0.714. The quantitative estimate of drug-likeness (QED) is 0.0164. The van der Waals surface area contributed by atoms with E-state index < -0.39 is 240 Å². The van der Waals surface area contributed by atoms with Gasteiger partial charge in [-0.3, -0.25) is 86.9 Å². The van der Waals surface area contributed by atoms with Crippen molar-refractivity contribution in [3.05, 3.63) is 198 Å². The first-order chi connectivity index (χ1) is 67.2. The van der Waals surface area contributed by atoms with Crippen molar-refractivity contribution >= 4 is 129 Å². The number of primary amides is 1. The van der Waals surface area contributed by atoms with Gasteiger partial charge in [0.1, 0.15) is 90.3 Å². The standard InChI is InChI=1S/C99H131N21O20S/c1-55(2)43-71-92(134)118-84(57(5)6)97(139)116-77(52-121)94(136)117-78(85(127)106-51-80(101)123)53-141-54-81(124)108-72(44-59-23-12-9-13-24-59)88(130)112-73(46-62-35-39-66(122)40-36-62)90(132)114-76(49-82(125)126)91(133)113-75(48-65-50-105-68-30-19-18-29-67(65)68)93(135)119-83(56(3)4)96(138)115-74(45-61-33-37-64(38-34-61)63-27-16-11-17-28-63)89(131)109-70(32-22-42-104-99(102)103)86(128)107-58(7)98(140)120(8)79(47-60-25-14-10-15-26-60)95(137)110-69(87(129)111-71)31-20-21-41-100/h9-19,23-30,33-40,50,55-58,69-79,83-84,105,121-122H,20-22,31-32,41-49,51-54,100H2,1-8H3,(H2,101,123)(H,106,127)(H,107,128)(H,108,124)(H,109,131)(H,110,137)(H,111,129)(H,112,130)(H,113,133)(H,114,132)(H,115,138)(H,116,139)(H,117,136)(H,118,134)(H,119,135)(H,125,126)(H4,102,103,104)/t58-,69?,70-,71-,72-,73-,74-,75-,76-,77-,78-,79-,83-,84-/m0/s1. The minimum absolute atomic E-state index is 0.0114. The molecule has 0 bridgehead atoms. The summed E-state index contributed by atoms with van der Waals surface area (Å²) < 4.78 is 0. The number of carboxylic acid groups (broad SMARTS) is 1. The maximum absolute atomic E-state index is 15.5. The third-order valence-electron chi connectivity index (χ3n) is 23.4. The number of unbranched alkanes of at least 4 members (excludes halogenated alkanes) is 1. The Morgan fingerprint density at radius 1 is 0.468 bits per heavy atom. The lowest BCUT2D eigenvalue weighted by Gasteiger charge is -2.32. The van der Waals surface area contributed by atoms with E-state index in [2.05, 4.69) is 84.7 Å². The van der Waals surface area contributed by atoms with Crippen LogP contribution in [0, 0.1) is 23.2 Å². The molecule has 6 aromatic carbocycles. The number of aromatic amines is 1. The molecule has 0 aliphatic carbocycles. The minimum atomic E-state index is -2.08. The molecule has 0 saturated carbocycles. The fraction of sp³-hybridized carbons (Fsp3) is 0.434. The smallest absolute Gasteiger partial charge is 0.305 e. The largest absolute Gasteiger partial charge is 0.508 e. The summed E-state index contributed by atoms with van der Waals surface area (Å²) in [6.45, 7) is 9.35. The number of H-pyrrole nitrogens is 1. The first kappa shape index (κ1) is 111. The summed E-state index contributed by atoms with van der Waals surface area (Å²) in [5.41, 5.74) is 21.4. The zero-order valence-electron chi connectivity index (χ0n) is 80.1. The predicted octanol–water partition coefficient (Wildman–Crippen LogP) is -0.231. The number of hydrogen-bond donors (Lipinski definition) is 23. The van der Waals surface area contributed by atoms with E-state index in [1.807, 2.05) is 30.3 Å². The van der Waals surface area contributed by atoms with Crippen LogP contribution in [0.1, 0.15) is 121 Å². The number of guanidine groups is 1. The molecule has 0 radical (unpaired) electrons. The summed E-state index contributed by atoms with van der Waals surface area (Å²) in [5.74, 6) is -21.4. The fourth-order valence-corrected chi connectivity index (χ4v) is 16.5. The third kappa shape index (κ3) is 35.9. The molecule has 141 heavy (non-hydrogen) atoms. The van der Waals surface area contributed by atoms with Crippen molar-refractivity contribution in [2.24, 2.45) is 35.0 Å². The van der Waals surface area contributed by atoms with Gasteiger partial charge in [-0.1, -0.05) is 187 Å². The highest BCUT2D eigenvalue weighted by Crippen LogP contribution is 2.25. The molecular weight excluding hydrogens is 1840 g/mol. The van der Waals surface area contributed by atoms with E-state index >= 15 is 43.2 Å². The number of phenolic OH excluding ortho intramolecular Hbond substituents is 1. The molecule has 2 heterocycles. The molecule has 1 fully saturated rings. The van der Waals surface area contributed by atoms with Crippen molar-refractivity contribution in [3.63, 3.8) is 0 Å². The summed E-state index contributed by atoms with van der Waals surface area (Å²) in [6.07, 6.45) is -0.812. The number of aliphatic hydroxyl groups is 1. The summed E-state index contributed by atoms with van der Waals surface area (Å²) in [6, 6.07) is 22.5. The van der Waals surface area contributed by atoms with Gasteiger partial charge in [-0.2, -0.15) is 0 Å². The van der Waals surface area contributed by atoms with E-state index in [1.54, 1.807) is 157 Å². The molecule has 16 amide bonds. The van der Waals surface area contributed by atoms with Crippen molar-refractivity contribution < 1.29 is 96.8 Å². The number of benzene rings is 6. The number of phenols is 1. The number of fused-ring (bicyclic) bond motifs is 1. The van der Waals surface area contributed by atoms with Crippen LogP contribution in [0.25, 0.3) is 22.0 Å². The number of carbonyl (C=O) groups is 17. The average molecular weight is 1970 g/mol. The maximum Gasteiger partial charge on any atom is 0.305 e. The second kappa shape index (κ2) is 55.7. The number of aliphatic hydroxyl groups excluding tert-OH is 1. The van der Waals surface area contributed by atoms with Gasteiger partial charge in [0.15, 0.2) is 5.96 Å². The Bertz CT molecular complexity index is 5470. The Labute approximate surface area is 821 Å². The van der Waals surface area contributed by atoms with Gasteiger partial charge in [0.2, 0.25) is 94.5 Å². The Morgan fingerprint density at radius 3 is 1.44 bits per heavy atom. The molecule has 758 valence electrons. The second-order valence-electron chi connectivity index (χ2n) is 35.8. The Kier molecular flexibility index (Phi) is 44.0. The number of hydrogen-bond acceptors (Lipinski definition) is 22. The zero-order chi connectivity index (χ0) is 103. The Balaban J connectivity index is 1.22. The molecule has 14 atom stereocenters. The van der Waals surface area contributed by atoms with Gasteiger partial charge < -0.3 is 122 Å². The van der Waals surface area contributed by atoms with E-state index in [4.69, 9.17) is 22.6 Å². The number of nitrogens with zero attached hydrogens (tertiary/aromatic N) is 1. The van der Waals surface area contributed by atoms with Crippen LogP contribution in [-0.4, -0.2) is 261 Å². The van der Waals surface area contributed by atoms with E-state index in [1.165, 1.54) is 38.2 Å². The highest BCUT2D eigenvalue weighted by atomic mass is 32.2. The van der Waals surface area contributed by atoms with Gasteiger partial charge in [-0.05, 0) is 127 Å². The van der Waals surface area contributed by atoms with Gasteiger partial charge in [0.05, 0.1) is 25.3 Å². The fourth-order valence-electron chi connectivity index (χ4n) is 15.7. The Hall–Kier alpha value is -14.8. The lowest BCUT2D eigenvalue weighted by molar-refractivity contribution is -0.142. The lowest BCUT2D eigenvalue weighted by atomic mass is 9.98. The molecule has 7 aromatic rings. The number of rotatable bonds is 29. The lowest BCUT2D eigenvalue weighted by Crippen LogP contribution is -2.62. The molecule has 8 rings (SSSR count). The predicted molar refractivity (Wildman–Crippen MR) is 527 cm³/mol. The molecular formula is C99H131N21O20S. The van der Waals surface area contributed by atoms with Gasteiger partial charge in [-0.15, -0.1) is 11.8 Å². The molecule has 42 heteroatoms. The van der Waals surface area contributed by atoms with Crippen LogP contribution in [-0.2, 0) is 114 Å². The van der Waals surface area contributed by atoms with E-state index in [0.717, 1.165) is 16.0 Å². The number of aromatic nitrogens is 1. The number of para-hydroxylation sites is 1.